The molecule has 0 aliphatic carbocycles. The molecule has 114 valence electrons. The Morgan fingerprint density at radius 2 is 2.00 bits per heavy atom. The number of nitrogens with one attached hydrogen (secondary N) is 1. The fourth-order valence-electron chi connectivity index (χ4n) is 2.27. The van der Waals surface area contributed by atoms with Gasteiger partial charge in [-0.3, -0.25) is 4.72 Å². The van der Waals surface area contributed by atoms with Crippen molar-refractivity contribution in [2.75, 3.05) is 4.72 Å². The Morgan fingerprint density at radius 1 is 1.23 bits per heavy atom. The zero-order chi connectivity index (χ0) is 15.9. The quantitative estimate of drug-likeness (QED) is 0.873. The summed E-state index contributed by atoms with van der Waals surface area (Å²) in [6, 6.07) is 9.42. The van der Waals surface area contributed by atoms with Gasteiger partial charge in [-0.2, -0.15) is 0 Å². The molecule has 0 atom stereocenters. The van der Waals surface area contributed by atoms with Crippen molar-refractivity contribution in [1.29, 1.82) is 0 Å². The number of halogens is 1. The minimum Gasteiger partial charge on any atom is -0.457 e. The lowest BCUT2D eigenvalue weighted by atomic mass is 10.1. The van der Waals surface area contributed by atoms with E-state index in [9.17, 15) is 13.2 Å². The number of hydrogen-bond acceptors (Lipinski definition) is 4. The van der Waals surface area contributed by atoms with Crippen LogP contribution in [0.4, 0.5) is 5.69 Å². The highest BCUT2D eigenvalue weighted by molar-refractivity contribution is 7.92. The Hall–Kier alpha value is -2.05. The van der Waals surface area contributed by atoms with Crippen LogP contribution in [0.5, 0.6) is 0 Å². The van der Waals surface area contributed by atoms with Gasteiger partial charge >= 0.3 is 5.97 Å². The maximum Gasteiger partial charge on any atom is 0.338 e. The standard InChI is InChI=1S/C15H12ClNO4S/c1-9-13(16)3-2-4-14(9)22(19,20)17-11-6-5-10-8-21-15(18)12(10)7-11/h2-7,17H,8H2,1H3. The molecule has 2 aromatic rings. The van der Waals surface area contributed by atoms with Gasteiger partial charge < -0.3 is 4.74 Å². The molecule has 1 aliphatic rings. The topological polar surface area (TPSA) is 72.5 Å². The molecule has 0 saturated heterocycles. The molecule has 22 heavy (non-hydrogen) atoms. The molecule has 0 saturated carbocycles. The molecule has 1 heterocycles. The van der Waals surface area contributed by atoms with Crippen LogP contribution in [-0.2, 0) is 21.4 Å². The molecule has 0 radical (unpaired) electrons. The minimum atomic E-state index is -3.79. The molecule has 0 spiro atoms. The third-order valence-electron chi connectivity index (χ3n) is 3.45. The van der Waals surface area contributed by atoms with Gasteiger partial charge in [0.05, 0.1) is 10.5 Å². The third kappa shape index (κ3) is 2.55. The van der Waals surface area contributed by atoms with Crippen LogP contribution in [0, 0.1) is 6.92 Å². The average molecular weight is 338 g/mol. The van der Waals surface area contributed by atoms with Crippen LogP contribution in [0.25, 0.3) is 0 Å². The molecule has 0 unspecified atom stereocenters. The Labute approximate surface area is 132 Å². The Bertz CT molecular complexity index is 877. The Balaban J connectivity index is 1.97. The third-order valence-corrected chi connectivity index (χ3v) is 5.38. The van der Waals surface area contributed by atoms with Crippen molar-refractivity contribution >= 4 is 33.3 Å². The molecule has 3 rings (SSSR count). The summed E-state index contributed by atoms with van der Waals surface area (Å²) >= 11 is 5.97. The first-order valence-electron chi connectivity index (χ1n) is 6.46. The van der Waals surface area contributed by atoms with Crippen LogP contribution < -0.4 is 4.72 Å². The summed E-state index contributed by atoms with van der Waals surface area (Å²) in [5.41, 5.74) is 1.89. The molecule has 7 heteroatoms. The van der Waals surface area contributed by atoms with Crippen molar-refractivity contribution in [2.45, 2.75) is 18.4 Å². The number of anilines is 1. The van der Waals surface area contributed by atoms with Crippen LogP contribution in [0.1, 0.15) is 21.5 Å². The van der Waals surface area contributed by atoms with E-state index < -0.39 is 16.0 Å². The molecule has 5 nitrogen and oxygen atoms in total. The van der Waals surface area contributed by atoms with E-state index in [1.165, 1.54) is 12.1 Å². The van der Waals surface area contributed by atoms with Gasteiger partial charge in [-0.05, 0) is 36.8 Å². The number of cyclic esters (lactones) is 1. The largest absolute Gasteiger partial charge is 0.457 e. The number of carbonyl (C=O) groups is 1. The van der Waals surface area contributed by atoms with E-state index in [1.54, 1.807) is 31.2 Å². The summed E-state index contributed by atoms with van der Waals surface area (Å²) in [5.74, 6) is -0.449. The molecule has 0 aromatic heterocycles. The van der Waals surface area contributed by atoms with Gasteiger partial charge in [0.25, 0.3) is 10.0 Å². The first-order chi connectivity index (χ1) is 10.4. The summed E-state index contributed by atoms with van der Waals surface area (Å²) in [7, 11) is -3.79. The Morgan fingerprint density at radius 3 is 2.77 bits per heavy atom. The van der Waals surface area contributed by atoms with Crippen LogP contribution in [-0.4, -0.2) is 14.4 Å². The summed E-state index contributed by atoms with van der Waals surface area (Å²) in [6.45, 7) is 1.85. The van der Waals surface area contributed by atoms with Crippen LogP contribution >= 0.6 is 11.6 Å². The minimum absolute atomic E-state index is 0.100. The zero-order valence-corrected chi connectivity index (χ0v) is 13.2. The maximum atomic E-state index is 12.5. The predicted molar refractivity (Wildman–Crippen MR) is 82.6 cm³/mol. The first-order valence-corrected chi connectivity index (χ1v) is 8.32. The van der Waals surface area contributed by atoms with E-state index in [4.69, 9.17) is 16.3 Å². The van der Waals surface area contributed by atoms with Crippen molar-refractivity contribution in [2.24, 2.45) is 0 Å². The highest BCUT2D eigenvalue weighted by atomic mass is 35.5. The highest BCUT2D eigenvalue weighted by Gasteiger charge is 2.23. The second kappa shape index (κ2) is 5.30. The molecular weight excluding hydrogens is 326 g/mol. The van der Waals surface area contributed by atoms with E-state index in [-0.39, 0.29) is 11.5 Å². The van der Waals surface area contributed by atoms with Crippen molar-refractivity contribution < 1.29 is 17.9 Å². The summed E-state index contributed by atoms with van der Waals surface area (Å²) in [5, 5.41) is 0.375. The van der Waals surface area contributed by atoms with Gasteiger partial charge in [0, 0.05) is 16.3 Å². The Kier molecular flexibility index (Phi) is 3.58. The maximum absolute atomic E-state index is 12.5. The number of sulfonamides is 1. The van der Waals surface area contributed by atoms with Crippen LogP contribution in [0.2, 0.25) is 5.02 Å². The van der Waals surface area contributed by atoms with E-state index in [2.05, 4.69) is 4.72 Å². The summed E-state index contributed by atoms with van der Waals surface area (Å²) < 4.78 is 32.3. The van der Waals surface area contributed by atoms with E-state index in [1.807, 2.05) is 0 Å². The van der Waals surface area contributed by atoms with Crippen molar-refractivity contribution in [1.82, 2.24) is 0 Å². The smallest absolute Gasteiger partial charge is 0.338 e. The van der Waals surface area contributed by atoms with Crippen molar-refractivity contribution in [3.05, 3.63) is 58.1 Å². The van der Waals surface area contributed by atoms with E-state index >= 15 is 0 Å². The van der Waals surface area contributed by atoms with Crippen molar-refractivity contribution in [3.8, 4) is 0 Å². The van der Waals surface area contributed by atoms with Crippen molar-refractivity contribution in [3.63, 3.8) is 0 Å². The van der Waals surface area contributed by atoms with E-state index in [0.717, 1.165) is 5.56 Å². The molecule has 0 amide bonds. The molecular formula is C15H12ClNO4S. The molecule has 1 aliphatic heterocycles. The monoisotopic (exact) mass is 337 g/mol. The number of esters is 1. The fourth-order valence-corrected chi connectivity index (χ4v) is 3.81. The number of hydrogen-bond donors (Lipinski definition) is 1. The lowest BCUT2D eigenvalue weighted by molar-refractivity contribution is 0.0535. The van der Waals surface area contributed by atoms with Crippen LogP contribution in [0.15, 0.2) is 41.3 Å². The van der Waals surface area contributed by atoms with Gasteiger partial charge in [-0.25, -0.2) is 13.2 Å². The van der Waals surface area contributed by atoms with Crippen LogP contribution in [0.3, 0.4) is 0 Å². The molecule has 0 fully saturated rings. The molecule has 2 aromatic carbocycles. The zero-order valence-electron chi connectivity index (χ0n) is 11.6. The second-order valence-electron chi connectivity index (χ2n) is 4.92. The predicted octanol–water partition coefficient (Wildman–Crippen LogP) is 3.12. The average Bonchev–Trinajstić information content (AvgIpc) is 2.82. The van der Waals surface area contributed by atoms with Gasteiger partial charge in [0.1, 0.15) is 6.61 Å². The first kappa shape index (κ1) is 14.9. The lowest BCUT2D eigenvalue weighted by Gasteiger charge is -2.11. The van der Waals surface area contributed by atoms with Gasteiger partial charge in [-0.1, -0.05) is 23.7 Å². The van der Waals surface area contributed by atoms with Gasteiger partial charge in [0.2, 0.25) is 0 Å². The highest BCUT2D eigenvalue weighted by Crippen LogP contribution is 2.27. The molecule has 0 bridgehead atoms. The summed E-state index contributed by atoms with van der Waals surface area (Å²) in [4.78, 5) is 11.6. The number of rotatable bonds is 3. The molecule has 1 N–H and O–H groups in total. The van der Waals surface area contributed by atoms with Gasteiger partial charge in [0.15, 0.2) is 0 Å². The fraction of sp³-hybridized carbons (Fsp3) is 0.133. The SMILES string of the molecule is Cc1c(Cl)cccc1S(=O)(=O)Nc1ccc2c(c1)C(=O)OC2. The normalized spacial score (nSPS) is 13.6. The number of ether oxygens (including phenoxy) is 1. The number of carbonyl (C=O) groups excluding carboxylic acids is 1. The lowest BCUT2D eigenvalue weighted by Crippen LogP contribution is -2.14. The summed E-state index contributed by atoms with van der Waals surface area (Å²) in [6.07, 6.45) is 0. The van der Waals surface area contributed by atoms with E-state index in [0.29, 0.717) is 21.8 Å². The second-order valence-corrected chi connectivity index (χ2v) is 6.97. The number of fused-ring (bicyclic) bond motifs is 1. The van der Waals surface area contributed by atoms with Gasteiger partial charge in [-0.15, -0.1) is 0 Å². The number of benzene rings is 2.